The Kier molecular flexibility index (Phi) is 4.35. The monoisotopic (exact) mass is 349 g/mol. The van der Waals surface area contributed by atoms with E-state index in [0.29, 0.717) is 24.2 Å². The molecule has 0 unspecified atom stereocenters. The van der Waals surface area contributed by atoms with Crippen molar-refractivity contribution in [2.75, 3.05) is 11.9 Å². The molecular formula is C19H19N5O2. The van der Waals surface area contributed by atoms with Crippen molar-refractivity contribution >= 4 is 23.1 Å². The van der Waals surface area contributed by atoms with Gasteiger partial charge in [-0.15, -0.1) is 10.2 Å². The molecule has 0 radical (unpaired) electrons. The van der Waals surface area contributed by atoms with Crippen molar-refractivity contribution in [3.63, 3.8) is 0 Å². The number of nitrogens with zero attached hydrogens (tertiary/aromatic N) is 3. The van der Waals surface area contributed by atoms with Crippen LogP contribution in [0.3, 0.4) is 0 Å². The van der Waals surface area contributed by atoms with Gasteiger partial charge in [-0.2, -0.15) is 0 Å². The van der Waals surface area contributed by atoms with E-state index in [4.69, 9.17) is 0 Å². The number of nitrogens with one attached hydrogen (secondary N) is 2. The Balaban J connectivity index is 1.31. The lowest BCUT2D eigenvalue weighted by atomic mass is 10.2. The van der Waals surface area contributed by atoms with Gasteiger partial charge in [-0.1, -0.05) is 6.07 Å². The van der Waals surface area contributed by atoms with Crippen LogP contribution >= 0.6 is 0 Å². The average molecular weight is 349 g/mol. The molecule has 0 atom stereocenters. The summed E-state index contributed by atoms with van der Waals surface area (Å²) in [5, 5.41) is 14.0. The summed E-state index contributed by atoms with van der Waals surface area (Å²) < 4.78 is 1.91. The largest absolute Gasteiger partial charge is 0.352 e. The van der Waals surface area contributed by atoms with E-state index in [0.717, 1.165) is 24.3 Å². The molecule has 7 heteroatoms. The molecule has 4 rings (SSSR count). The molecule has 1 fully saturated rings. The molecule has 2 aromatic heterocycles. The third-order valence-corrected chi connectivity index (χ3v) is 4.38. The fourth-order valence-corrected chi connectivity index (χ4v) is 2.75. The predicted molar refractivity (Wildman–Crippen MR) is 96.8 cm³/mol. The van der Waals surface area contributed by atoms with E-state index >= 15 is 0 Å². The first-order valence-electron chi connectivity index (χ1n) is 8.68. The van der Waals surface area contributed by atoms with Gasteiger partial charge in [-0.3, -0.25) is 14.0 Å². The first-order chi connectivity index (χ1) is 12.7. The van der Waals surface area contributed by atoms with Crippen LogP contribution in [0.4, 0.5) is 5.69 Å². The van der Waals surface area contributed by atoms with E-state index < -0.39 is 0 Å². The van der Waals surface area contributed by atoms with E-state index in [1.807, 2.05) is 28.8 Å². The number of aromatic nitrogens is 3. The summed E-state index contributed by atoms with van der Waals surface area (Å²) in [6.07, 6.45) is 4.43. The molecule has 26 heavy (non-hydrogen) atoms. The van der Waals surface area contributed by atoms with Crippen LogP contribution in [0.15, 0.2) is 48.7 Å². The van der Waals surface area contributed by atoms with Crippen LogP contribution in [0.5, 0.6) is 0 Å². The number of rotatable bonds is 6. The van der Waals surface area contributed by atoms with Crippen molar-refractivity contribution in [1.29, 1.82) is 0 Å². The van der Waals surface area contributed by atoms with Crippen LogP contribution in [-0.4, -0.2) is 33.0 Å². The summed E-state index contributed by atoms with van der Waals surface area (Å²) in [7, 11) is 0. The summed E-state index contributed by atoms with van der Waals surface area (Å²) in [4.78, 5) is 24.0. The molecule has 132 valence electrons. The molecule has 2 amide bonds. The molecular weight excluding hydrogens is 330 g/mol. The normalized spacial score (nSPS) is 13.5. The first kappa shape index (κ1) is 16.3. The zero-order chi connectivity index (χ0) is 17.9. The number of fused-ring (bicyclic) bond motifs is 1. The minimum absolute atomic E-state index is 0.0581. The zero-order valence-corrected chi connectivity index (χ0v) is 14.2. The Bertz CT molecular complexity index is 944. The van der Waals surface area contributed by atoms with E-state index in [9.17, 15) is 9.59 Å². The third-order valence-electron chi connectivity index (χ3n) is 4.38. The van der Waals surface area contributed by atoms with Gasteiger partial charge < -0.3 is 10.6 Å². The van der Waals surface area contributed by atoms with E-state index in [-0.39, 0.29) is 17.7 Å². The van der Waals surface area contributed by atoms with Crippen LogP contribution in [0, 0.1) is 5.92 Å². The molecule has 0 bridgehead atoms. The maximum absolute atomic E-state index is 12.2. The minimum Gasteiger partial charge on any atom is -0.352 e. The van der Waals surface area contributed by atoms with E-state index in [1.165, 1.54) is 0 Å². The molecule has 1 aliphatic carbocycles. The number of anilines is 1. The number of hydrogen-bond donors (Lipinski definition) is 2. The second-order valence-corrected chi connectivity index (χ2v) is 6.39. The van der Waals surface area contributed by atoms with Crippen molar-refractivity contribution in [1.82, 2.24) is 19.9 Å². The lowest BCUT2D eigenvalue weighted by Crippen LogP contribution is -2.26. The molecule has 2 N–H and O–H groups in total. The van der Waals surface area contributed by atoms with Gasteiger partial charge in [0.1, 0.15) is 5.82 Å². The average Bonchev–Trinajstić information content (AvgIpc) is 3.44. The van der Waals surface area contributed by atoms with Crippen molar-refractivity contribution in [2.45, 2.75) is 19.3 Å². The number of hydrogen-bond acceptors (Lipinski definition) is 4. The second kappa shape index (κ2) is 6.95. The van der Waals surface area contributed by atoms with Crippen molar-refractivity contribution < 1.29 is 9.59 Å². The lowest BCUT2D eigenvalue weighted by molar-refractivity contribution is -0.117. The summed E-state index contributed by atoms with van der Waals surface area (Å²) in [6.45, 7) is 0.467. The van der Waals surface area contributed by atoms with Crippen LogP contribution < -0.4 is 10.6 Å². The van der Waals surface area contributed by atoms with Gasteiger partial charge in [0.2, 0.25) is 5.91 Å². The first-order valence-corrected chi connectivity index (χ1v) is 8.68. The Morgan fingerprint density at radius 2 is 1.88 bits per heavy atom. The second-order valence-electron chi connectivity index (χ2n) is 6.39. The fourth-order valence-electron chi connectivity index (χ4n) is 2.75. The summed E-state index contributed by atoms with van der Waals surface area (Å²) in [6, 6.07) is 12.6. The zero-order valence-electron chi connectivity index (χ0n) is 14.2. The molecule has 7 nitrogen and oxygen atoms in total. The third kappa shape index (κ3) is 3.56. The summed E-state index contributed by atoms with van der Waals surface area (Å²) >= 11 is 0. The quantitative estimate of drug-likeness (QED) is 0.713. The predicted octanol–water partition coefficient (Wildman–Crippen LogP) is 2.05. The molecule has 3 aromatic rings. The highest BCUT2D eigenvalue weighted by Gasteiger charge is 2.29. The molecule has 0 aliphatic heterocycles. The molecule has 0 spiro atoms. The maximum Gasteiger partial charge on any atom is 0.251 e. The highest BCUT2D eigenvalue weighted by atomic mass is 16.2. The maximum atomic E-state index is 12.2. The summed E-state index contributed by atoms with van der Waals surface area (Å²) in [5.41, 5.74) is 2.06. The van der Waals surface area contributed by atoms with E-state index in [1.54, 1.807) is 24.3 Å². The lowest BCUT2D eigenvalue weighted by Gasteiger charge is -2.07. The fraction of sp³-hybridized carbons (Fsp3) is 0.263. The number of benzene rings is 1. The van der Waals surface area contributed by atoms with Gasteiger partial charge in [0.15, 0.2) is 5.65 Å². The molecule has 1 aliphatic rings. The Hall–Kier alpha value is -3.22. The van der Waals surface area contributed by atoms with Gasteiger partial charge >= 0.3 is 0 Å². The number of carbonyl (C=O) groups excluding carboxylic acids is 2. The Labute approximate surface area is 150 Å². The van der Waals surface area contributed by atoms with Gasteiger partial charge in [0, 0.05) is 36.3 Å². The highest BCUT2D eigenvalue weighted by molar-refractivity contribution is 5.96. The van der Waals surface area contributed by atoms with Crippen LogP contribution in [0.1, 0.15) is 29.0 Å². The molecule has 2 heterocycles. The topological polar surface area (TPSA) is 88.4 Å². The molecule has 0 saturated heterocycles. The van der Waals surface area contributed by atoms with Gasteiger partial charge in [-0.05, 0) is 49.2 Å². The van der Waals surface area contributed by atoms with Gasteiger partial charge in [-0.25, -0.2) is 0 Å². The van der Waals surface area contributed by atoms with Crippen LogP contribution in [-0.2, 0) is 11.2 Å². The van der Waals surface area contributed by atoms with Crippen molar-refractivity contribution in [3.8, 4) is 0 Å². The number of carbonyl (C=O) groups is 2. The molecule has 1 saturated carbocycles. The standard InChI is InChI=1S/C19H19N5O2/c25-18(13-6-8-15(9-7-13)21-19(26)14-4-5-14)20-11-10-17-23-22-16-3-1-2-12-24(16)17/h1-3,6-9,12,14H,4-5,10-11H2,(H,20,25)(H,21,26). The van der Waals surface area contributed by atoms with Crippen LogP contribution in [0.25, 0.3) is 5.65 Å². The highest BCUT2D eigenvalue weighted by Crippen LogP contribution is 2.30. The summed E-state index contributed by atoms with van der Waals surface area (Å²) in [5.74, 6) is 0.867. The van der Waals surface area contributed by atoms with E-state index in [2.05, 4.69) is 20.8 Å². The number of amides is 2. The van der Waals surface area contributed by atoms with Gasteiger partial charge in [0.05, 0.1) is 0 Å². The van der Waals surface area contributed by atoms with Crippen LogP contribution in [0.2, 0.25) is 0 Å². The Morgan fingerprint density at radius 1 is 1.08 bits per heavy atom. The number of pyridine rings is 1. The smallest absolute Gasteiger partial charge is 0.251 e. The minimum atomic E-state index is -0.154. The Morgan fingerprint density at radius 3 is 2.65 bits per heavy atom. The van der Waals surface area contributed by atoms with Crippen molar-refractivity contribution in [3.05, 3.63) is 60.0 Å². The molecule has 1 aromatic carbocycles. The van der Waals surface area contributed by atoms with Crippen molar-refractivity contribution in [2.24, 2.45) is 5.92 Å². The van der Waals surface area contributed by atoms with Gasteiger partial charge in [0.25, 0.3) is 5.91 Å². The SMILES string of the molecule is O=C(NCCc1nnc2ccccn12)c1ccc(NC(=O)C2CC2)cc1.